The molecule has 2 aliphatic rings. The van der Waals surface area contributed by atoms with E-state index in [1.54, 1.807) is 18.4 Å². The molecular weight excluding hydrogens is 402 g/mol. The molecular formula is C22H29N3O4S. The number of ketones is 1. The van der Waals surface area contributed by atoms with E-state index in [1.165, 1.54) is 29.3 Å². The second-order valence-corrected chi connectivity index (χ2v) is 9.90. The second kappa shape index (κ2) is 9.43. The molecule has 30 heavy (non-hydrogen) atoms. The zero-order valence-corrected chi connectivity index (χ0v) is 17.9. The van der Waals surface area contributed by atoms with Crippen LogP contribution in [0, 0.1) is 0 Å². The van der Waals surface area contributed by atoms with Gasteiger partial charge in [-0.2, -0.15) is 4.31 Å². The quantitative estimate of drug-likeness (QED) is 0.615. The highest BCUT2D eigenvalue weighted by atomic mass is 32.2. The SMILES string of the molecule is O=C(CNCC(c1ccco1)N1CCCC1)c1ccc(S(=O)(=O)N2CCCC2)cc1. The van der Waals surface area contributed by atoms with Crippen molar-refractivity contribution in [3.05, 3.63) is 54.0 Å². The first kappa shape index (κ1) is 21.2. The lowest BCUT2D eigenvalue weighted by atomic mass is 10.1. The molecule has 3 heterocycles. The summed E-state index contributed by atoms with van der Waals surface area (Å²) >= 11 is 0. The van der Waals surface area contributed by atoms with Crippen LogP contribution in [-0.4, -0.2) is 62.7 Å². The number of benzene rings is 1. The summed E-state index contributed by atoms with van der Waals surface area (Å²) in [7, 11) is -3.45. The zero-order chi connectivity index (χ0) is 21.0. The Morgan fingerprint density at radius 3 is 2.30 bits per heavy atom. The lowest BCUT2D eigenvalue weighted by Gasteiger charge is -2.26. The first-order chi connectivity index (χ1) is 14.6. The van der Waals surface area contributed by atoms with Crippen LogP contribution in [0.15, 0.2) is 52.0 Å². The van der Waals surface area contributed by atoms with Crippen LogP contribution < -0.4 is 5.32 Å². The number of hydrogen-bond donors (Lipinski definition) is 1. The molecule has 1 N–H and O–H groups in total. The van der Waals surface area contributed by atoms with Crippen LogP contribution in [0.3, 0.4) is 0 Å². The number of furan rings is 1. The number of nitrogens with one attached hydrogen (secondary N) is 1. The molecule has 1 atom stereocenters. The number of sulfonamides is 1. The molecule has 2 aromatic rings. The first-order valence-corrected chi connectivity index (χ1v) is 12.1. The molecule has 4 rings (SSSR count). The molecule has 0 amide bonds. The number of nitrogens with zero attached hydrogens (tertiary/aromatic N) is 2. The third-order valence-corrected chi connectivity index (χ3v) is 7.87. The Labute approximate surface area is 178 Å². The van der Waals surface area contributed by atoms with E-state index in [2.05, 4.69) is 10.2 Å². The van der Waals surface area contributed by atoms with Crippen LogP contribution >= 0.6 is 0 Å². The molecule has 1 unspecified atom stereocenters. The molecule has 162 valence electrons. The van der Waals surface area contributed by atoms with E-state index in [4.69, 9.17) is 4.42 Å². The zero-order valence-electron chi connectivity index (χ0n) is 17.1. The maximum atomic E-state index is 12.6. The van der Waals surface area contributed by atoms with Crippen molar-refractivity contribution in [2.45, 2.75) is 36.6 Å². The summed E-state index contributed by atoms with van der Waals surface area (Å²) in [5, 5.41) is 3.26. The number of likely N-dealkylation sites (tertiary alicyclic amines) is 1. The van der Waals surface area contributed by atoms with E-state index in [1.807, 2.05) is 12.1 Å². The Bertz CT molecular complexity index is 929. The van der Waals surface area contributed by atoms with Gasteiger partial charge in [0.05, 0.1) is 23.7 Å². The van der Waals surface area contributed by atoms with Crippen molar-refractivity contribution in [1.82, 2.24) is 14.5 Å². The number of carbonyl (C=O) groups excluding carboxylic acids is 1. The number of hydrogen-bond acceptors (Lipinski definition) is 6. The topological polar surface area (TPSA) is 82.9 Å². The summed E-state index contributed by atoms with van der Waals surface area (Å²) in [5.41, 5.74) is 0.513. The predicted octanol–water partition coefficient (Wildman–Crippen LogP) is 2.67. The molecule has 2 fully saturated rings. The molecule has 1 aromatic heterocycles. The van der Waals surface area contributed by atoms with Gasteiger partial charge >= 0.3 is 0 Å². The van der Waals surface area contributed by atoms with Crippen LogP contribution in [0.1, 0.15) is 47.8 Å². The number of carbonyl (C=O) groups is 1. The van der Waals surface area contributed by atoms with Gasteiger partial charge in [-0.25, -0.2) is 8.42 Å². The summed E-state index contributed by atoms with van der Waals surface area (Å²) in [4.78, 5) is 15.2. The fraction of sp³-hybridized carbons (Fsp3) is 0.500. The second-order valence-electron chi connectivity index (χ2n) is 7.96. The van der Waals surface area contributed by atoms with Gasteiger partial charge in [0.1, 0.15) is 5.76 Å². The minimum absolute atomic E-state index is 0.0558. The highest BCUT2D eigenvalue weighted by Gasteiger charge is 2.27. The molecule has 1 aromatic carbocycles. The van der Waals surface area contributed by atoms with E-state index < -0.39 is 10.0 Å². The highest BCUT2D eigenvalue weighted by molar-refractivity contribution is 7.89. The fourth-order valence-electron chi connectivity index (χ4n) is 4.26. The van der Waals surface area contributed by atoms with Gasteiger partial charge in [0.15, 0.2) is 5.78 Å². The Balaban J connectivity index is 1.34. The van der Waals surface area contributed by atoms with Crippen molar-refractivity contribution in [3.8, 4) is 0 Å². The average molecular weight is 432 g/mol. The molecule has 0 aliphatic carbocycles. The molecule has 0 saturated carbocycles. The lowest BCUT2D eigenvalue weighted by Crippen LogP contribution is -2.36. The van der Waals surface area contributed by atoms with Gasteiger partial charge in [0, 0.05) is 25.2 Å². The third kappa shape index (κ3) is 4.67. The largest absolute Gasteiger partial charge is 0.468 e. The van der Waals surface area contributed by atoms with Crippen LogP contribution in [0.4, 0.5) is 0 Å². The molecule has 0 bridgehead atoms. The standard InChI is InChI=1S/C22H29N3O4S/c26-21(17-23-16-20(22-6-5-15-29-22)24-11-1-2-12-24)18-7-9-19(10-8-18)30(27,28)25-13-3-4-14-25/h5-10,15,20,23H,1-4,11-14,16-17H2. The Morgan fingerprint density at radius 2 is 1.67 bits per heavy atom. The molecule has 2 aliphatic heterocycles. The van der Waals surface area contributed by atoms with Crippen molar-refractivity contribution in [3.63, 3.8) is 0 Å². The van der Waals surface area contributed by atoms with Gasteiger partial charge in [-0.05, 0) is 63.0 Å². The lowest BCUT2D eigenvalue weighted by molar-refractivity contribution is 0.0986. The summed E-state index contributed by atoms with van der Waals surface area (Å²) in [6.07, 6.45) is 5.85. The molecule has 7 nitrogen and oxygen atoms in total. The van der Waals surface area contributed by atoms with E-state index in [0.717, 1.165) is 31.7 Å². The van der Waals surface area contributed by atoms with Crippen molar-refractivity contribution in [2.24, 2.45) is 0 Å². The smallest absolute Gasteiger partial charge is 0.243 e. The van der Waals surface area contributed by atoms with E-state index in [0.29, 0.717) is 25.2 Å². The monoisotopic (exact) mass is 431 g/mol. The van der Waals surface area contributed by atoms with Gasteiger partial charge < -0.3 is 9.73 Å². The summed E-state index contributed by atoms with van der Waals surface area (Å²) in [5.74, 6) is 0.855. The van der Waals surface area contributed by atoms with Gasteiger partial charge in [-0.15, -0.1) is 0 Å². The molecule has 8 heteroatoms. The first-order valence-electron chi connectivity index (χ1n) is 10.7. The van der Waals surface area contributed by atoms with Crippen molar-refractivity contribution < 1.29 is 17.6 Å². The average Bonchev–Trinajstić information content (AvgIpc) is 3.54. The van der Waals surface area contributed by atoms with Gasteiger partial charge in [-0.3, -0.25) is 9.69 Å². The fourth-order valence-corrected chi connectivity index (χ4v) is 5.78. The van der Waals surface area contributed by atoms with Crippen molar-refractivity contribution >= 4 is 15.8 Å². The summed E-state index contributed by atoms with van der Waals surface area (Å²) < 4.78 is 32.4. The normalized spacial score (nSPS) is 19.3. The Morgan fingerprint density at radius 1 is 1.00 bits per heavy atom. The highest BCUT2D eigenvalue weighted by Crippen LogP contribution is 2.25. The summed E-state index contributed by atoms with van der Waals surface area (Å²) in [6, 6.07) is 10.3. The maximum absolute atomic E-state index is 12.6. The van der Waals surface area contributed by atoms with Crippen molar-refractivity contribution in [2.75, 3.05) is 39.3 Å². The van der Waals surface area contributed by atoms with Crippen LogP contribution in [0.25, 0.3) is 0 Å². The van der Waals surface area contributed by atoms with Crippen LogP contribution in [0.5, 0.6) is 0 Å². The van der Waals surface area contributed by atoms with Crippen LogP contribution in [0.2, 0.25) is 0 Å². The van der Waals surface area contributed by atoms with Gasteiger partial charge in [-0.1, -0.05) is 12.1 Å². The minimum Gasteiger partial charge on any atom is -0.468 e. The molecule has 0 radical (unpaired) electrons. The van der Waals surface area contributed by atoms with Gasteiger partial charge in [0.25, 0.3) is 0 Å². The summed E-state index contributed by atoms with van der Waals surface area (Å²) in [6.45, 7) is 4.04. The van der Waals surface area contributed by atoms with Gasteiger partial charge in [0.2, 0.25) is 10.0 Å². The number of rotatable bonds is 9. The van der Waals surface area contributed by atoms with E-state index in [9.17, 15) is 13.2 Å². The Kier molecular flexibility index (Phi) is 6.67. The molecule has 0 spiro atoms. The van der Waals surface area contributed by atoms with E-state index >= 15 is 0 Å². The van der Waals surface area contributed by atoms with Crippen molar-refractivity contribution in [1.29, 1.82) is 0 Å². The maximum Gasteiger partial charge on any atom is 0.243 e. The molecule has 2 saturated heterocycles. The predicted molar refractivity (Wildman–Crippen MR) is 114 cm³/mol. The third-order valence-electron chi connectivity index (χ3n) is 5.96. The minimum atomic E-state index is -3.45. The van der Waals surface area contributed by atoms with Crippen LogP contribution in [-0.2, 0) is 10.0 Å². The van der Waals surface area contributed by atoms with E-state index in [-0.39, 0.29) is 23.3 Å². The Hall–Kier alpha value is -2.00. The number of Topliss-reactive ketones (excluding diaryl/α,β-unsaturated/α-hetero) is 1.